The second-order valence-electron chi connectivity index (χ2n) is 4.62. The predicted molar refractivity (Wildman–Crippen MR) is 87.8 cm³/mol. The topological polar surface area (TPSA) is 55.3 Å². The van der Waals surface area contributed by atoms with Gasteiger partial charge in [-0.1, -0.05) is 23.5 Å². The van der Waals surface area contributed by atoms with Crippen molar-refractivity contribution in [2.75, 3.05) is 18.6 Å². The van der Waals surface area contributed by atoms with E-state index in [0.717, 1.165) is 10.2 Å². The molecular formula is C16H15N3O2S. The fraction of sp³-hybridized carbons (Fsp3) is 0.188. The Morgan fingerprint density at radius 3 is 2.86 bits per heavy atom. The van der Waals surface area contributed by atoms with Gasteiger partial charge in [-0.2, -0.15) is 0 Å². The van der Waals surface area contributed by atoms with E-state index in [2.05, 4.69) is 9.97 Å². The Morgan fingerprint density at radius 2 is 2.09 bits per heavy atom. The summed E-state index contributed by atoms with van der Waals surface area (Å²) in [7, 11) is 1.71. The van der Waals surface area contributed by atoms with E-state index < -0.39 is 0 Å². The Labute approximate surface area is 132 Å². The Hall–Kier alpha value is -2.47. The highest BCUT2D eigenvalue weighted by Crippen LogP contribution is 2.29. The minimum absolute atomic E-state index is 0.185. The number of fused-ring (bicyclic) bond motifs is 1. The third-order valence-corrected chi connectivity index (χ3v) is 4.27. The average Bonchev–Trinajstić information content (AvgIpc) is 2.98. The summed E-state index contributed by atoms with van der Waals surface area (Å²) in [6.45, 7) is 2.32. The molecule has 6 heteroatoms. The van der Waals surface area contributed by atoms with Crippen LogP contribution in [0.1, 0.15) is 17.3 Å². The van der Waals surface area contributed by atoms with Gasteiger partial charge < -0.3 is 4.74 Å². The largest absolute Gasteiger partial charge is 0.477 e. The molecular weight excluding hydrogens is 298 g/mol. The van der Waals surface area contributed by atoms with Gasteiger partial charge in [-0.3, -0.25) is 9.69 Å². The number of nitrogens with zero attached hydrogens (tertiary/aromatic N) is 3. The summed E-state index contributed by atoms with van der Waals surface area (Å²) in [5, 5.41) is 0.650. The van der Waals surface area contributed by atoms with Crippen molar-refractivity contribution in [3.63, 3.8) is 0 Å². The van der Waals surface area contributed by atoms with Crippen LogP contribution in [0.15, 0.2) is 42.6 Å². The number of hydrogen-bond donors (Lipinski definition) is 0. The standard InChI is InChI=1S/C16H15N3O2S/c1-3-21-14-11(7-6-10-17-14)15(20)19(2)16-18-12-8-4-5-9-13(12)22-16/h4-10H,3H2,1-2H3. The van der Waals surface area contributed by atoms with Gasteiger partial charge in [0.15, 0.2) is 5.13 Å². The quantitative estimate of drug-likeness (QED) is 0.741. The molecule has 0 atom stereocenters. The maximum Gasteiger partial charge on any atom is 0.265 e. The fourth-order valence-corrected chi connectivity index (χ4v) is 3.00. The van der Waals surface area contributed by atoms with Crippen molar-refractivity contribution in [1.82, 2.24) is 9.97 Å². The maximum absolute atomic E-state index is 12.7. The predicted octanol–water partition coefficient (Wildman–Crippen LogP) is 3.37. The molecule has 0 bridgehead atoms. The van der Waals surface area contributed by atoms with E-state index in [9.17, 15) is 4.79 Å². The molecule has 0 N–H and O–H groups in total. The first-order valence-corrected chi connectivity index (χ1v) is 7.73. The van der Waals surface area contributed by atoms with Gasteiger partial charge in [0.05, 0.1) is 16.8 Å². The van der Waals surface area contributed by atoms with E-state index >= 15 is 0 Å². The Kier molecular flexibility index (Phi) is 4.02. The molecule has 3 rings (SSSR count). The van der Waals surface area contributed by atoms with Crippen molar-refractivity contribution in [3.05, 3.63) is 48.2 Å². The number of rotatable bonds is 4. The maximum atomic E-state index is 12.7. The second-order valence-corrected chi connectivity index (χ2v) is 5.63. The molecule has 112 valence electrons. The molecule has 0 saturated heterocycles. The molecule has 0 spiro atoms. The van der Waals surface area contributed by atoms with Gasteiger partial charge in [0.25, 0.3) is 5.91 Å². The molecule has 2 aromatic heterocycles. The molecule has 3 aromatic rings. The lowest BCUT2D eigenvalue weighted by atomic mass is 10.2. The minimum Gasteiger partial charge on any atom is -0.477 e. The van der Waals surface area contributed by atoms with Gasteiger partial charge in [0.1, 0.15) is 5.56 Å². The molecule has 0 aliphatic rings. The molecule has 0 aliphatic carbocycles. The third-order valence-electron chi connectivity index (χ3n) is 3.16. The monoisotopic (exact) mass is 313 g/mol. The van der Waals surface area contributed by atoms with Crippen LogP contribution in [0.2, 0.25) is 0 Å². The smallest absolute Gasteiger partial charge is 0.265 e. The Balaban J connectivity index is 1.94. The summed E-state index contributed by atoms with van der Waals surface area (Å²) in [4.78, 5) is 22.8. The van der Waals surface area contributed by atoms with Crippen LogP contribution in [0.4, 0.5) is 5.13 Å². The van der Waals surface area contributed by atoms with Crippen LogP contribution in [0.3, 0.4) is 0 Å². The highest BCUT2D eigenvalue weighted by atomic mass is 32.1. The van der Waals surface area contributed by atoms with Gasteiger partial charge >= 0.3 is 0 Å². The lowest BCUT2D eigenvalue weighted by Gasteiger charge is -2.15. The van der Waals surface area contributed by atoms with Crippen molar-refractivity contribution >= 4 is 32.6 Å². The van der Waals surface area contributed by atoms with E-state index in [0.29, 0.717) is 23.2 Å². The molecule has 0 radical (unpaired) electrons. The number of carbonyl (C=O) groups excluding carboxylic acids is 1. The minimum atomic E-state index is -0.185. The molecule has 1 amide bonds. The molecule has 0 fully saturated rings. The fourth-order valence-electron chi connectivity index (χ4n) is 2.08. The lowest BCUT2D eigenvalue weighted by molar-refractivity contribution is 0.0988. The number of para-hydroxylation sites is 1. The van der Waals surface area contributed by atoms with Crippen LogP contribution in [0.25, 0.3) is 10.2 Å². The van der Waals surface area contributed by atoms with Crippen LogP contribution in [-0.2, 0) is 0 Å². The van der Waals surface area contributed by atoms with Crippen molar-refractivity contribution in [3.8, 4) is 5.88 Å². The number of carbonyl (C=O) groups is 1. The van der Waals surface area contributed by atoms with Crippen LogP contribution in [0.5, 0.6) is 5.88 Å². The van der Waals surface area contributed by atoms with Crippen molar-refractivity contribution in [2.45, 2.75) is 6.92 Å². The molecule has 0 saturated carbocycles. The molecule has 5 nitrogen and oxygen atoms in total. The number of aromatic nitrogens is 2. The zero-order chi connectivity index (χ0) is 15.5. The SMILES string of the molecule is CCOc1ncccc1C(=O)N(C)c1nc2ccccc2s1. The van der Waals surface area contributed by atoms with E-state index in [1.165, 1.54) is 16.2 Å². The van der Waals surface area contributed by atoms with Crippen molar-refractivity contribution in [1.29, 1.82) is 0 Å². The number of anilines is 1. The number of pyridine rings is 1. The first-order valence-electron chi connectivity index (χ1n) is 6.92. The summed E-state index contributed by atoms with van der Waals surface area (Å²) in [5.41, 5.74) is 1.32. The number of benzene rings is 1. The molecule has 0 aliphatic heterocycles. The summed E-state index contributed by atoms with van der Waals surface area (Å²) < 4.78 is 6.48. The normalized spacial score (nSPS) is 10.6. The van der Waals surface area contributed by atoms with Gasteiger partial charge in [-0.05, 0) is 31.2 Å². The van der Waals surface area contributed by atoms with Crippen LogP contribution >= 0.6 is 11.3 Å². The number of hydrogen-bond acceptors (Lipinski definition) is 5. The van der Waals surface area contributed by atoms with E-state index in [-0.39, 0.29) is 5.91 Å². The number of amides is 1. The van der Waals surface area contributed by atoms with Gasteiger partial charge in [0, 0.05) is 13.2 Å². The molecule has 22 heavy (non-hydrogen) atoms. The third kappa shape index (κ3) is 2.65. The number of ether oxygens (including phenoxy) is 1. The van der Waals surface area contributed by atoms with Crippen LogP contribution in [0, 0.1) is 0 Å². The van der Waals surface area contributed by atoms with Gasteiger partial charge in [-0.15, -0.1) is 0 Å². The van der Waals surface area contributed by atoms with Gasteiger partial charge in [0.2, 0.25) is 5.88 Å². The Bertz CT molecular complexity index is 783. The van der Waals surface area contributed by atoms with Crippen LogP contribution < -0.4 is 9.64 Å². The van der Waals surface area contributed by atoms with Crippen molar-refractivity contribution in [2.24, 2.45) is 0 Å². The second kappa shape index (κ2) is 6.11. The highest BCUT2D eigenvalue weighted by molar-refractivity contribution is 7.22. The number of thiazole rings is 1. The van der Waals surface area contributed by atoms with Crippen molar-refractivity contribution < 1.29 is 9.53 Å². The first kappa shape index (κ1) is 14.5. The molecule has 0 unspecified atom stereocenters. The zero-order valence-corrected chi connectivity index (χ0v) is 13.1. The average molecular weight is 313 g/mol. The molecule has 2 heterocycles. The van der Waals surface area contributed by atoms with E-state index in [4.69, 9.17) is 4.74 Å². The Morgan fingerprint density at radius 1 is 1.27 bits per heavy atom. The lowest BCUT2D eigenvalue weighted by Crippen LogP contribution is -2.26. The zero-order valence-electron chi connectivity index (χ0n) is 12.3. The van der Waals surface area contributed by atoms with Gasteiger partial charge in [-0.25, -0.2) is 9.97 Å². The van der Waals surface area contributed by atoms with E-state index in [1.54, 1.807) is 25.4 Å². The molecule has 1 aromatic carbocycles. The summed E-state index contributed by atoms with van der Waals surface area (Å²) in [6, 6.07) is 11.3. The van der Waals surface area contributed by atoms with E-state index in [1.807, 2.05) is 31.2 Å². The summed E-state index contributed by atoms with van der Waals surface area (Å²) in [6.07, 6.45) is 1.61. The summed E-state index contributed by atoms with van der Waals surface area (Å²) in [5.74, 6) is 0.165. The highest BCUT2D eigenvalue weighted by Gasteiger charge is 2.21. The summed E-state index contributed by atoms with van der Waals surface area (Å²) >= 11 is 1.48. The van der Waals surface area contributed by atoms with Crippen LogP contribution in [-0.4, -0.2) is 29.5 Å². The first-order chi connectivity index (χ1) is 10.7.